The number of halogens is 1. The number of nitriles is 1. The summed E-state index contributed by atoms with van der Waals surface area (Å²) in [5, 5.41) is 8.83. The summed E-state index contributed by atoms with van der Waals surface area (Å²) in [4.78, 5) is 0. The number of hydrogen-bond acceptors (Lipinski definition) is 1. The molecule has 0 saturated heterocycles. The predicted molar refractivity (Wildman–Crippen MR) is 91.4 cm³/mol. The van der Waals surface area contributed by atoms with Crippen LogP contribution >= 0.6 is 0 Å². The number of nitrogens with zero attached hydrogens (tertiary/aromatic N) is 1. The summed E-state index contributed by atoms with van der Waals surface area (Å²) in [6.07, 6.45) is 0.992. The zero-order valence-electron chi connectivity index (χ0n) is 12.9. The molecule has 2 heteroatoms. The van der Waals surface area contributed by atoms with Gasteiger partial charge in [0, 0.05) is 5.56 Å². The molecule has 0 fully saturated rings. The lowest BCUT2D eigenvalue weighted by Crippen LogP contribution is -1.87. The first-order valence-corrected chi connectivity index (χ1v) is 7.60. The first-order chi connectivity index (χ1) is 11.2. The van der Waals surface area contributed by atoms with E-state index in [1.807, 2.05) is 18.2 Å². The summed E-state index contributed by atoms with van der Waals surface area (Å²) < 4.78 is 14.5. The smallest absolute Gasteiger partial charge is 0.131 e. The average molecular weight is 301 g/mol. The van der Waals surface area contributed by atoms with Crippen LogP contribution in [-0.4, -0.2) is 0 Å². The minimum absolute atomic E-state index is 0.258. The Morgan fingerprint density at radius 2 is 1.43 bits per heavy atom. The molecule has 0 aromatic heterocycles. The van der Waals surface area contributed by atoms with Crippen LogP contribution in [0.25, 0.3) is 22.3 Å². The van der Waals surface area contributed by atoms with Gasteiger partial charge in [-0.05, 0) is 46.9 Å². The highest BCUT2D eigenvalue weighted by molar-refractivity contribution is 5.71. The van der Waals surface area contributed by atoms with Crippen LogP contribution in [0.3, 0.4) is 0 Å². The van der Waals surface area contributed by atoms with Crippen molar-refractivity contribution in [3.05, 3.63) is 83.7 Å². The Labute approximate surface area is 135 Å². The molecule has 0 saturated carbocycles. The Morgan fingerprint density at radius 1 is 0.826 bits per heavy atom. The molecule has 3 aromatic carbocycles. The fourth-order valence-corrected chi connectivity index (χ4v) is 2.59. The van der Waals surface area contributed by atoms with Crippen molar-refractivity contribution < 1.29 is 4.39 Å². The third-order valence-corrected chi connectivity index (χ3v) is 3.99. The van der Waals surface area contributed by atoms with E-state index in [4.69, 9.17) is 5.26 Å². The molecule has 1 nitrogen and oxygen atoms in total. The van der Waals surface area contributed by atoms with E-state index in [-0.39, 0.29) is 5.82 Å². The van der Waals surface area contributed by atoms with Crippen molar-refractivity contribution in [3.63, 3.8) is 0 Å². The molecule has 0 aliphatic carbocycles. The van der Waals surface area contributed by atoms with E-state index in [1.54, 1.807) is 36.4 Å². The molecule has 3 rings (SSSR count). The predicted octanol–water partition coefficient (Wildman–Crippen LogP) is 5.59. The maximum absolute atomic E-state index is 14.5. The summed E-state index contributed by atoms with van der Waals surface area (Å²) in [5.74, 6) is -0.258. The van der Waals surface area contributed by atoms with Crippen molar-refractivity contribution in [1.29, 1.82) is 5.26 Å². The van der Waals surface area contributed by atoms with Crippen LogP contribution in [0.5, 0.6) is 0 Å². The minimum Gasteiger partial charge on any atom is -0.206 e. The van der Waals surface area contributed by atoms with E-state index in [0.29, 0.717) is 11.1 Å². The van der Waals surface area contributed by atoms with Gasteiger partial charge in [0.2, 0.25) is 0 Å². The summed E-state index contributed by atoms with van der Waals surface area (Å²) in [6, 6.07) is 22.5. The monoisotopic (exact) mass is 301 g/mol. The van der Waals surface area contributed by atoms with Gasteiger partial charge < -0.3 is 0 Å². The lowest BCUT2D eigenvalue weighted by Gasteiger charge is -2.08. The molecular weight excluding hydrogens is 285 g/mol. The average Bonchev–Trinajstić information content (AvgIpc) is 2.62. The molecule has 0 atom stereocenters. The number of benzene rings is 3. The minimum atomic E-state index is -0.258. The van der Waals surface area contributed by atoms with E-state index in [0.717, 1.165) is 23.1 Å². The summed E-state index contributed by atoms with van der Waals surface area (Å²) >= 11 is 0. The third-order valence-electron chi connectivity index (χ3n) is 3.99. The second kappa shape index (κ2) is 6.46. The van der Waals surface area contributed by atoms with Gasteiger partial charge in [0.15, 0.2) is 0 Å². The quantitative estimate of drug-likeness (QED) is 0.618. The number of aryl methyl sites for hydroxylation is 1. The Morgan fingerprint density at radius 3 is 2.00 bits per heavy atom. The Kier molecular flexibility index (Phi) is 4.21. The molecule has 0 aliphatic rings. The van der Waals surface area contributed by atoms with Crippen molar-refractivity contribution in [2.24, 2.45) is 0 Å². The summed E-state index contributed by atoms with van der Waals surface area (Å²) in [7, 11) is 0. The van der Waals surface area contributed by atoms with Crippen LogP contribution in [0.2, 0.25) is 0 Å². The van der Waals surface area contributed by atoms with Crippen LogP contribution < -0.4 is 0 Å². The van der Waals surface area contributed by atoms with Gasteiger partial charge in [0.1, 0.15) is 5.82 Å². The fourth-order valence-electron chi connectivity index (χ4n) is 2.59. The molecule has 0 N–H and O–H groups in total. The van der Waals surface area contributed by atoms with Gasteiger partial charge in [0.25, 0.3) is 0 Å². The molecule has 0 unspecified atom stereocenters. The molecule has 0 spiro atoms. The second-order valence-electron chi connectivity index (χ2n) is 5.43. The zero-order valence-corrected chi connectivity index (χ0v) is 12.9. The van der Waals surface area contributed by atoms with Gasteiger partial charge in [-0.15, -0.1) is 0 Å². The van der Waals surface area contributed by atoms with Crippen LogP contribution in [0.15, 0.2) is 66.7 Å². The molecule has 3 aromatic rings. The van der Waals surface area contributed by atoms with Crippen LogP contribution in [0.1, 0.15) is 18.1 Å². The first kappa shape index (κ1) is 15.0. The molecule has 0 aliphatic heterocycles. The van der Waals surface area contributed by atoms with Crippen LogP contribution in [0.4, 0.5) is 4.39 Å². The lowest BCUT2D eigenvalue weighted by molar-refractivity contribution is 0.632. The lowest BCUT2D eigenvalue weighted by atomic mass is 9.98. The van der Waals surface area contributed by atoms with Crippen molar-refractivity contribution in [1.82, 2.24) is 0 Å². The molecule has 0 radical (unpaired) electrons. The van der Waals surface area contributed by atoms with E-state index in [2.05, 4.69) is 25.1 Å². The molecule has 23 heavy (non-hydrogen) atoms. The van der Waals surface area contributed by atoms with E-state index < -0.39 is 0 Å². The fraction of sp³-hybridized carbons (Fsp3) is 0.0952. The maximum atomic E-state index is 14.5. The topological polar surface area (TPSA) is 23.8 Å². The van der Waals surface area contributed by atoms with Gasteiger partial charge in [-0.3, -0.25) is 0 Å². The van der Waals surface area contributed by atoms with E-state index >= 15 is 0 Å². The standard InChI is InChI=1S/C21H16FN/c1-2-15-3-7-17(8-4-15)19-11-12-20(21(22)13-19)18-9-5-16(14-23)6-10-18/h3-13H,2H2,1H3. The second-order valence-corrected chi connectivity index (χ2v) is 5.43. The number of rotatable bonds is 3. The van der Waals surface area contributed by atoms with Crippen molar-refractivity contribution in [2.45, 2.75) is 13.3 Å². The summed E-state index contributed by atoms with van der Waals surface area (Å²) in [5.41, 5.74) is 5.03. The molecule has 0 amide bonds. The van der Waals surface area contributed by atoms with Gasteiger partial charge in [-0.1, -0.05) is 55.5 Å². The van der Waals surface area contributed by atoms with Gasteiger partial charge in [0.05, 0.1) is 11.6 Å². The van der Waals surface area contributed by atoms with Crippen molar-refractivity contribution in [3.8, 4) is 28.3 Å². The largest absolute Gasteiger partial charge is 0.206 e. The Balaban J connectivity index is 1.94. The van der Waals surface area contributed by atoms with Crippen LogP contribution in [0, 0.1) is 17.1 Å². The molecule has 112 valence electrons. The highest BCUT2D eigenvalue weighted by atomic mass is 19.1. The van der Waals surface area contributed by atoms with Crippen LogP contribution in [-0.2, 0) is 6.42 Å². The van der Waals surface area contributed by atoms with Gasteiger partial charge >= 0.3 is 0 Å². The summed E-state index contributed by atoms with van der Waals surface area (Å²) in [6.45, 7) is 2.11. The molecule has 0 heterocycles. The molecular formula is C21H16FN. The first-order valence-electron chi connectivity index (χ1n) is 7.60. The SMILES string of the molecule is CCc1ccc(-c2ccc(-c3ccc(C#N)cc3)c(F)c2)cc1. The molecule has 0 bridgehead atoms. The maximum Gasteiger partial charge on any atom is 0.131 e. The normalized spacial score (nSPS) is 10.3. The Bertz CT molecular complexity index is 856. The highest BCUT2D eigenvalue weighted by Gasteiger charge is 2.07. The third kappa shape index (κ3) is 3.14. The van der Waals surface area contributed by atoms with Gasteiger partial charge in [-0.25, -0.2) is 4.39 Å². The zero-order chi connectivity index (χ0) is 16.2. The van der Waals surface area contributed by atoms with E-state index in [9.17, 15) is 4.39 Å². The van der Waals surface area contributed by atoms with Gasteiger partial charge in [-0.2, -0.15) is 5.26 Å². The Hall–Kier alpha value is -2.92. The van der Waals surface area contributed by atoms with E-state index in [1.165, 1.54) is 5.56 Å². The van der Waals surface area contributed by atoms with Crippen molar-refractivity contribution >= 4 is 0 Å². The number of hydrogen-bond donors (Lipinski definition) is 0. The highest BCUT2D eigenvalue weighted by Crippen LogP contribution is 2.28. The van der Waals surface area contributed by atoms with Crippen molar-refractivity contribution in [2.75, 3.05) is 0 Å².